The van der Waals surface area contributed by atoms with E-state index in [1.165, 1.54) is 25.7 Å². The van der Waals surface area contributed by atoms with E-state index in [0.717, 1.165) is 35.7 Å². The lowest BCUT2D eigenvalue weighted by atomic mass is 9.89. The SMILES string of the molecule is NC(=S)c1cccnc1NCC1CC2CCC1C2. The van der Waals surface area contributed by atoms with E-state index in [1.807, 2.05) is 12.1 Å². The van der Waals surface area contributed by atoms with Crippen molar-refractivity contribution in [1.82, 2.24) is 4.98 Å². The molecule has 1 heterocycles. The minimum absolute atomic E-state index is 0.415. The van der Waals surface area contributed by atoms with Gasteiger partial charge < -0.3 is 11.1 Å². The Balaban J connectivity index is 1.65. The average Bonchev–Trinajstić information content (AvgIpc) is 2.98. The van der Waals surface area contributed by atoms with Crippen molar-refractivity contribution in [2.75, 3.05) is 11.9 Å². The zero-order chi connectivity index (χ0) is 12.5. The Morgan fingerprint density at radius 1 is 1.44 bits per heavy atom. The number of hydrogen-bond donors (Lipinski definition) is 2. The Hall–Kier alpha value is -1.16. The molecule has 1 aromatic rings. The number of pyridine rings is 1. The molecule has 1 aromatic heterocycles. The molecule has 0 aliphatic heterocycles. The van der Waals surface area contributed by atoms with E-state index in [0.29, 0.717) is 4.99 Å². The Morgan fingerprint density at radius 2 is 2.33 bits per heavy atom. The summed E-state index contributed by atoms with van der Waals surface area (Å²) in [5.74, 6) is 3.57. The van der Waals surface area contributed by atoms with Gasteiger partial charge in [0.15, 0.2) is 0 Å². The zero-order valence-electron chi connectivity index (χ0n) is 10.4. The third-order valence-corrected chi connectivity index (χ3v) is 4.71. The molecule has 3 unspecified atom stereocenters. The quantitative estimate of drug-likeness (QED) is 0.818. The van der Waals surface area contributed by atoms with Gasteiger partial charge in [0.05, 0.1) is 5.56 Å². The van der Waals surface area contributed by atoms with Crippen LogP contribution in [0.4, 0.5) is 5.82 Å². The number of nitrogens with one attached hydrogen (secondary N) is 1. The summed E-state index contributed by atoms with van der Waals surface area (Å²) < 4.78 is 0. The number of thiocarbonyl (C=S) groups is 1. The molecule has 3 rings (SSSR count). The van der Waals surface area contributed by atoms with Crippen molar-refractivity contribution in [3.8, 4) is 0 Å². The molecule has 4 heteroatoms. The van der Waals surface area contributed by atoms with Crippen molar-refractivity contribution in [2.24, 2.45) is 23.5 Å². The fourth-order valence-electron chi connectivity index (χ4n) is 3.60. The second-order valence-electron chi connectivity index (χ2n) is 5.58. The molecule has 18 heavy (non-hydrogen) atoms. The minimum Gasteiger partial charge on any atom is -0.389 e. The van der Waals surface area contributed by atoms with Crippen LogP contribution in [0.15, 0.2) is 18.3 Å². The number of aromatic nitrogens is 1. The second kappa shape index (κ2) is 4.84. The van der Waals surface area contributed by atoms with E-state index in [4.69, 9.17) is 18.0 Å². The third-order valence-electron chi connectivity index (χ3n) is 4.49. The molecule has 2 saturated carbocycles. The molecule has 3 atom stereocenters. The zero-order valence-corrected chi connectivity index (χ0v) is 11.2. The van der Waals surface area contributed by atoms with E-state index < -0.39 is 0 Å². The van der Waals surface area contributed by atoms with E-state index in [-0.39, 0.29) is 0 Å². The first-order chi connectivity index (χ1) is 8.74. The van der Waals surface area contributed by atoms with Crippen molar-refractivity contribution < 1.29 is 0 Å². The first-order valence-electron chi connectivity index (χ1n) is 6.72. The lowest BCUT2D eigenvalue weighted by Crippen LogP contribution is -2.22. The number of rotatable bonds is 4. The Kier molecular flexibility index (Phi) is 3.20. The van der Waals surface area contributed by atoms with E-state index in [9.17, 15) is 0 Å². The maximum Gasteiger partial charge on any atom is 0.136 e. The van der Waals surface area contributed by atoms with Crippen molar-refractivity contribution in [1.29, 1.82) is 0 Å². The number of fused-ring (bicyclic) bond motifs is 2. The normalized spacial score (nSPS) is 29.4. The van der Waals surface area contributed by atoms with Crippen molar-refractivity contribution in [3.63, 3.8) is 0 Å². The highest BCUT2D eigenvalue weighted by Crippen LogP contribution is 2.48. The summed E-state index contributed by atoms with van der Waals surface area (Å²) in [4.78, 5) is 4.76. The summed E-state index contributed by atoms with van der Waals surface area (Å²) in [6.07, 6.45) is 7.47. The van der Waals surface area contributed by atoms with Crippen molar-refractivity contribution >= 4 is 23.0 Å². The minimum atomic E-state index is 0.415. The van der Waals surface area contributed by atoms with Crippen molar-refractivity contribution in [2.45, 2.75) is 25.7 Å². The van der Waals surface area contributed by atoms with Crippen LogP contribution in [0.3, 0.4) is 0 Å². The summed E-state index contributed by atoms with van der Waals surface area (Å²) >= 11 is 5.05. The molecule has 0 radical (unpaired) electrons. The van der Waals surface area contributed by atoms with Crippen LogP contribution < -0.4 is 11.1 Å². The molecule has 2 bridgehead atoms. The number of nitrogens with zero attached hydrogens (tertiary/aromatic N) is 1. The molecule has 2 fully saturated rings. The van der Waals surface area contributed by atoms with E-state index >= 15 is 0 Å². The van der Waals surface area contributed by atoms with Crippen LogP contribution in [0, 0.1) is 17.8 Å². The lowest BCUT2D eigenvalue weighted by Gasteiger charge is -2.22. The average molecular weight is 261 g/mol. The summed E-state index contributed by atoms with van der Waals surface area (Å²) in [6.45, 7) is 1.01. The smallest absolute Gasteiger partial charge is 0.136 e. The predicted molar refractivity (Wildman–Crippen MR) is 77.6 cm³/mol. The molecule has 3 N–H and O–H groups in total. The van der Waals surface area contributed by atoms with Crippen LogP contribution in [-0.2, 0) is 0 Å². The van der Waals surface area contributed by atoms with Crippen LogP contribution in [0.5, 0.6) is 0 Å². The number of anilines is 1. The van der Waals surface area contributed by atoms with Gasteiger partial charge in [-0.05, 0) is 49.1 Å². The summed E-state index contributed by atoms with van der Waals surface area (Å²) in [5.41, 5.74) is 6.57. The fraction of sp³-hybridized carbons (Fsp3) is 0.571. The largest absolute Gasteiger partial charge is 0.389 e. The maximum absolute atomic E-state index is 5.71. The van der Waals surface area contributed by atoms with Gasteiger partial charge in [-0.3, -0.25) is 0 Å². The molecular weight excluding hydrogens is 242 g/mol. The predicted octanol–water partition coefficient (Wildman–Crippen LogP) is 2.56. The van der Waals surface area contributed by atoms with Gasteiger partial charge in [-0.1, -0.05) is 18.6 Å². The van der Waals surface area contributed by atoms with Gasteiger partial charge in [0.25, 0.3) is 0 Å². The van der Waals surface area contributed by atoms with Crippen LogP contribution in [0.1, 0.15) is 31.2 Å². The molecular formula is C14H19N3S. The highest BCUT2D eigenvalue weighted by atomic mass is 32.1. The van der Waals surface area contributed by atoms with Gasteiger partial charge in [0, 0.05) is 12.7 Å². The Labute approximate surface area is 113 Å². The first kappa shape index (κ1) is 11.9. The monoisotopic (exact) mass is 261 g/mol. The van der Waals surface area contributed by atoms with E-state index in [1.54, 1.807) is 6.20 Å². The molecule has 3 nitrogen and oxygen atoms in total. The standard InChI is InChI=1S/C14H19N3S/c15-13(18)12-2-1-5-16-14(12)17-8-11-7-9-3-4-10(11)6-9/h1-2,5,9-11H,3-4,6-8H2,(H2,15,18)(H,16,17). The number of nitrogens with two attached hydrogens (primary N) is 1. The maximum atomic E-state index is 5.71. The van der Waals surface area contributed by atoms with Gasteiger partial charge in [0.1, 0.15) is 10.8 Å². The summed E-state index contributed by atoms with van der Waals surface area (Å²) in [6, 6.07) is 3.80. The Morgan fingerprint density at radius 3 is 3.00 bits per heavy atom. The molecule has 0 saturated heterocycles. The molecule has 2 aliphatic rings. The van der Waals surface area contributed by atoms with Gasteiger partial charge >= 0.3 is 0 Å². The van der Waals surface area contributed by atoms with Crippen molar-refractivity contribution in [3.05, 3.63) is 23.9 Å². The van der Waals surface area contributed by atoms with Gasteiger partial charge in [-0.25, -0.2) is 4.98 Å². The molecule has 0 spiro atoms. The summed E-state index contributed by atoms with van der Waals surface area (Å²) in [5, 5.41) is 3.44. The molecule has 2 aliphatic carbocycles. The van der Waals surface area contributed by atoms with Crippen LogP contribution in [-0.4, -0.2) is 16.5 Å². The fourth-order valence-corrected chi connectivity index (χ4v) is 3.76. The second-order valence-corrected chi connectivity index (χ2v) is 6.02. The molecule has 96 valence electrons. The third kappa shape index (κ3) is 2.21. The topological polar surface area (TPSA) is 50.9 Å². The summed E-state index contributed by atoms with van der Waals surface area (Å²) in [7, 11) is 0. The highest BCUT2D eigenvalue weighted by Gasteiger charge is 2.39. The Bertz CT molecular complexity index is 460. The van der Waals surface area contributed by atoms with E-state index in [2.05, 4.69) is 10.3 Å². The highest BCUT2D eigenvalue weighted by molar-refractivity contribution is 7.80. The number of hydrogen-bond acceptors (Lipinski definition) is 3. The van der Waals surface area contributed by atoms with Gasteiger partial charge in [-0.2, -0.15) is 0 Å². The first-order valence-corrected chi connectivity index (χ1v) is 7.13. The van der Waals surface area contributed by atoms with Crippen LogP contribution >= 0.6 is 12.2 Å². The van der Waals surface area contributed by atoms with Gasteiger partial charge in [0.2, 0.25) is 0 Å². The molecule has 0 amide bonds. The van der Waals surface area contributed by atoms with Gasteiger partial charge in [-0.15, -0.1) is 0 Å². The molecule has 0 aromatic carbocycles. The van der Waals surface area contributed by atoms with Crippen LogP contribution in [0.25, 0.3) is 0 Å². The lowest BCUT2D eigenvalue weighted by molar-refractivity contribution is 0.348. The van der Waals surface area contributed by atoms with Crippen LogP contribution in [0.2, 0.25) is 0 Å².